The molecule has 0 radical (unpaired) electrons. The summed E-state index contributed by atoms with van der Waals surface area (Å²) in [4.78, 5) is 11.7. The number of nitrogens with zero attached hydrogens (tertiary/aromatic N) is 1. The Kier molecular flexibility index (Phi) is 3.47. The van der Waals surface area contributed by atoms with E-state index in [1.165, 1.54) is 0 Å². The molecular formula is C17H21NO6. The van der Waals surface area contributed by atoms with Gasteiger partial charge in [-0.25, -0.2) is 0 Å². The smallest absolute Gasteiger partial charge is 0.231 e. The maximum Gasteiger partial charge on any atom is 0.231 e. The van der Waals surface area contributed by atoms with E-state index in [0.29, 0.717) is 37.6 Å². The van der Waals surface area contributed by atoms with Crippen molar-refractivity contribution < 1.29 is 23.9 Å². The Morgan fingerprint density at radius 2 is 1.88 bits per heavy atom. The van der Waals surface area contributed by atoms with Crippen LogP contribution in [0.2, 0.25) is 0 Å². The van der Waals surface area contributed by atoms with E-state index in [0.717, 1.165) is 5.56 Å². The van der Waals surface area contributed by atoms with Crippen LogP contribution >= 0.6 is 0 Å². The highest BCUT2D eigenvalue weighted by atomic mass is 16.7. The molecule has 0 amide bonds. The topological polar surface area (TPSA) is 80.1 Å². The number of benzene rings is 1. The van der Waals surface area contributed by atoms with E-state index >= 15 is 0 Å². The SMILES string of the molecule is CC1(C)CC2(C[C@H](c3ccc4c(c3)OCO4)[C@@H]1[N+](=O)[O-])OCCO2. The molecule has 2 heterocycles. The number of rotatable bonds is 2. The van der Waals surface area contributed by atoms with Gasteiger partial charge in [0.25, 0.3) is 0 Å². The monoisotopic (exact) mass is 335 g/mol. The zero-order valence-electron chi connectivity index (χ0n) is 13.8. The summed E-state index contributed by atoms with van der Waals surface area (Å²) in [6.45, 7) is 5.10. The standard InChI is InChI=1S/C17H21NO6/c1-16(2)9-17(23-5-6-24-17)8-12(15(16)18(19)20)11-3-4-13-14(7-11)22-10-21-13/h3-4,7,12,15H,5-6,8-10H2,1-2H3/t12-,15+/m1/s1. The van der Waals surface area contributed by atoms with Crippen LogP contribution in [-0.2, 0) is 9.47 Å². The van der Waals surface area contributed by atoms with Gasteiger partial charge in [0.2, 0.25) is 12.8 Å². The first-order valence-electron chi connectivity index (χ1n) is 8.21. The van der Waals surface area contributed by atoms with Gasteiger partial charge in [-0.1, -0.05) is 19.9 Å². The average molecular weight is 335 g/mol. The van der Waals surface area contributed by atoms with E-state index in [1.807, 2.05) is 32.0 Å². The minimum atomic E-state index is -0.725. The summed E-state index contributed by atoms with van der Waals surface area (Å²) >= 11 is 0. The lowest BCUT2D eigenvalue weighted by molar-refractivity contribution is -0.553. The molecule has 2 atom stereocenters. The molecule has 0 aromatic heterocycles. The van der Waals surface area contributed by atoms with E-state index in [9.17, 15) is 10.1 Å². The Morgan fingerprint density at radius 3 is 2.58 bits per heavy atom. The third-order valence-corrected chi connectivity index (χ3v) is 5.30. The summed E-state index contributed by atoms with van der Waals surface area (Å²) in [6, 6.07) is 4.85. The molecule has 0 bridgehead atoms. The van der Waals surface area contributed by atoms with Crippen molar-refractivity contribution in [3.63, 3.8) is 0 Å². The van der Waals surface area contributed by atoms with Gasteiger partial charge < -0.3 is 18.9 Å². The van der Waals surface area contributed by atoms with E-state index in [-0.39, 0.29) is 17.6 Å². The second kappa shape index (κ2) is 5.32. The molecule has 2 aliphatic heterocycles. The van der Waals surface area contributed by atoms with Gasteiger partial charge in [-0.15, -0.1) is 0 Å². The van der Waals surface area contributed by atoms with E-state index < -0.39 is 17.2 Å². The van der Waals surface area contributed by atoms with Gasteiger partial charge in [-0.3, -0.25) is 10.1 Å². The van der Waals surface area contributed by atoms with E-state index in [1.54, 1.807) is 0 Å². The predicted octanol–water partition coefficient (Wildman–Crippen LogP) is 2.71. The zero-order valence-corrected chi connectivity index (χ0v) is 13.8. The first-order valence-corrected chi connectivity index (χ1v) is 8.21. The molecule has 4 rings (SSSR count). The molecule has 1 aromatic carbocycles. The summed E-state index contributed by atoms with van der Waals surface area (Å²) in [7, 11) is 0. The largest absolute Gasteiger partial charge is 0.454 e. The molecule has 1 spiro atoms. The van der Waals surface area contributed by atoms with Crippen molar-refractivity contribution in [2.45, 2.75) is 44.4 Å². The maximum absolute atomic E-state index is 11.9. The molecule has 0 N–H and O–H groups in total. The molecule has 24 heavy (non-hydrogen) atoms. The normalized spacial score (nSPS) is 29.8. The van der Waals surface area contributed by atoms with Crippen LogP contribution in [-0.4, -0.2) is 36.8 Å². The highest BCUT2D eigenvalue weighted by Crippen LogP contribution is 2.53. The Labute approximate surface area is 140 Å². The van der Waals surface area contributed by atoms with Gasteiger partial charge in [0.1, 0.15) is 0 Å². The maximum atomic E-state index is 11.9. The van der Waals surface area contributed by atoms with Gasteiger partial charge in [0.15, 0.2) is 17.3 Å². The van der Waals surface area contributed by atoms with Crippen LogP contribution in [0.4, 0.5) is 0 Å². The Hall–Kier alpha value is -1.86. The van der Waals surface area contributed by atoms with Crippen LogP contribution in [0, 0.1) is 15.5 Å². The molecule has 2 fully saturated rings. The van der Waals surface area contributed by atoms with E-state index in [2.05, 4.69) is 0 Å². The predicted molar refractivity (Wildman–Crippen MR) is 83.7 cm³/mol. The van der Waals surface area contributed by atoms with Crippen LogP contribution in [0.5, 0.6) is 11.5 Å². The quantitative estimate of drug-likeness (QED) is 0.611. The summed E-state index contributed by atoms with van der Waals surface area (Å²) in [5.41, 5.74) is 0.319. The van der Waals surface area contributed by atoms with Crippen molar-refractivity contribution in [3.8, 4) is 11.5 Å². The summed E-state index contributed by atoms with van der Waals surface area (Å²) in [6.07, 6.45) is 0.994. The highest BCUT2D eigenvalue weighted by Gasteiger charge is 2.58. The number of nitro groups is 1. The first kappa shape index (κ1) is 15.7. The molecule has 1 saturated heterocycles. The number of hydrogen-bond acceptors (Lipinski definition) is 6. The van der Waals surface area contributed by atoms with Crippen molar-refractivity contribution in [1.82, 2.24) is 0 Å². The van der Waals surface area contributed by atoms with Crippen molar-refractivity contribution in [1.29, 1.82) is 0 Å². The molecule has 0 unspecified atom stereocenters. The van der Waals surface area contributed by atoms with Crippen molar-refractivity contribution in [2.24, 2.45) is 5.41 Å². The van der Waals surface area contributed by atoms with Gasteiger partial charge in [0, 0.05) is 23.2 Å². The van der Waals surface area contributed by atoms with Crippen molar-refractivity contribution in [3.05, 3.63) is 33.9 Å². The highest BCUT2D eigenvalue weighted by molar-refractivity contribution is 5.46. The first-order chi connectivity index (χ1) is 11.4. The average Bonchev–Trinajstić information content (AvgIpc) is 3.13. The number of ether oxygens (including phenoxy) is 4. The Bertz CT molecular complexity index is 667. The van der Waals surface area contributed by atoms with E-state index in [4.69, 9.17) is 18.9 Å². The third kappa shape index (κ3) is 2.43. The van der Waals surface area contributed by atoms with Gasteiger partial charge in [0.05, 0.1) is 19.1 Å². The molecule has 3 aliphatic rings. The van der Waals surface area contributed by atoms with Crippen LogP contribution < -0.4 is 9.47 Å². The molecule has 130 valence electrons. The fraction of sp³-hybridized carbons (Fsp3) is 0.647. The number of fused-ring (bicyclic) bond motifs is 1. The fourth-order valence-electron chi connectivity index (χ4n) is 4.46. The molecule has 7 heteroatoms. The fourth-order valence-corrected chi connectivity index (χ4v) is 4.46. The summed E-state index contributed by atoms with van der Waals surface area (Å²) < 4.78 is 22.6. The van der Waals surface area contributed by atoms with Gasteiger partial charge in [-0.2, -0.15) is 0 Å². The van der Waals surface area contributed by atoms with Crippen LogP contribution in [0.25, 0.3) is 0 Å². The third-order valence-electron chi connectivity index (χ3n) is 5.30. The van der Waals surface area contributed by atoms with Gasteiger partial charge >= 0.3 is 0 Å². The summed E-state index contributed by atoms with van der Waals surface area (Å²) in [5.74, 6) is 0.281. The van der Waals surface area contributed by atoms with Crippen LogP contribution in [0.15, 0.2) is 18.2 Å². The Morgan fingerprint density at radius 1 is 1.17 bits per heavy atom. The Balaban J connectivity index is 1.75. The number of hydrogen-bond donors (Lipinski definition) is 0. The second-order valence-corrected chi connectivity index (χ2v) is 7.43. The zero-order chi connectivity index (χ0) is 16.9. The second-order valence-electron chi connectivity index (χ2n) is 7.43. The van der Waals surface area contributed by atoms with Crippen LogP contribution in [0.3, 0.4) is 0 Å². The lowest BCUT2D eigenvalue weighted by Crippen LogP contribution is -2.53. The minimum absolute atomic E-state index is 0.156. The molecule has 1 aromatic rings. The molecule has 1 aliphatic carbocycles. The van der Waals surface area contributed by atoms with Crippen LogP contribution in [0.1, 0.15) is 38.2 Å². The molecule has 7 nitrogen and oxygen atoms in total. The molecular weight excluding hydrogens is 314 g/mol. The summed E-state index contributed by atoms with van der Waals surface area (Å²) in [5, 5.41) is 11.9. The lowest BCUT2D eigenvalue weighted by Gasteiger charge is -2.46. The molecule has 1 saturated carbocycles. The minimum Gasteiger partial charge on any atom is -0.454 e. The van der Waals surface area contributed by atoms with Gasteiger partial charge in [-0.05, 0) is 17.7 Å². The van der Waals surface area contributed by atoms with Crippen molar-refractivity contribution in [2.75, 3.05) is 20.0 Å². The lowest BCUT2D eigenvalue weighted by atomic mass is 9.64. The van der Waals surface area contributed by atoms with Crippen molar-refractivity contribution >= 4 is 0 Å².